The van der Waals surface area contributed by atoms with Crippen molar-refractivity contribution in [3.63, 3.8) is 0 Å². The number of rotatable bonds is 2. The minimum Gasteiger partial charge on any atom is -0.490 e. The molecule has 1 aliphatic heterocycles. The Bertz CT molecular complexity index is 657. The van der Waals surface area contributed by atoms with Crippen molar-refractivity contribution in [1.82, 2.24) is 0 Å². The first-order valence-corrected chi connectivity index (χ1v) is 8.52. The van der Waals surface area contributed by atoms with Gasteiger partial charge in [0.05, 0.1) is 4.83 Å². The van der Waals surface area contributed by atoms with Gasteiger partial charge in [0, 0.05) is 15.9 Å². The molecule has 2 aromatic carbocycles. The Morgan fingerprint density at radius 1 is 1.25 bits per heavy atom. The molecule has 2 aromatic rings. The SMILES string of the molecule is CC1Cc2cc(C(Br)c3cc(Cl)ccc3Br)ccc2O1. The lowest BCUT2D eigenvalue weighted by atomic mass is 10.0. The average Bonchev–Trinajstić information content (AvgIpc) is 2.79. The molecule has 104 valence electrons. The summed E-state index contributed by atoms with van der Waals surface area (Å²) >= 11 is 13.5. The number of hydrogen-bond donors (Lipinski definition) is 0. The van der Waals surface area contributed by atoms with E-state index in [1.54, 1.807) is 0 Å². The van der Waals surface area contributed by atoms with Crippen molar-refractivity contribution in [3.05, 3.63) is 62.6 Å². The first-order valence-electron chi connectivity index (χ1n) is 6.43. The molecular formula is C16H13Br2ClO. The van der Waals surface area contributed by atoms with Gasteiger partial charge in [0.2, 0.25) is 0 Å². The summed E-state index contributed by atoms with van der Waals surface area (Å²) in [7, 11) is 0. The maximum absolute atomic E-state index is 6.10. The zero-order valence-corrected chi connectivity index (χ0v) is 14.8. The van der Waals surface area contributed by atoms with Crippen LogP contribution < -0.4 is 4.74 Å². The highest BCUT2D eigenvalue weighted by molar-refractivity contribution is 9.11. The molecule has 1 aliphatic rings. The topological polar surface area (TPSA) is 9.23 Å². The fraction of sp³-hybridized carbons (Fsp3) is 0.250. The van der Waals surface area contributed by atoms with Crippen LogP contribution in [0.15, 0.2) is 40.9 Å². The summed E-state index contributed by atoms with van der Waals surface area (Å²) in [6, 6.07) is 12.2. The van der Waals surface area contributed by atoms with Crippen LogP contribution in [-0.4, -0.2) is 6.10 Å². The van der Waals surface area contributed by atoms with Gasteiger partial charge in [-0.3, -0.25) is 0 Å². The van der Waals surface area contributed by atoms with Crippen LogP contribution in [0.25, 0.3) is 0 Å². The molecule has 0 saturated heterocycles. The quantitative estimate of drug-likeness (QED) is 0.553. The number of benzene rings is 2. The molecule has 2 atom stereocenters. The summed E-state index contributed by atoms with van der Waals surface area (Å²) in [6.07, 6.45) is 1.24. The summed E-state index contributed by atoms with van der Waals surface area (Å²) in [5.74, 6) is 1.01. The minimum atomic E-state index is 0.108. The third kappa shape index (κ3) is 2.76. The lowest BCUT2D eigenvalue weighted by molar-refractivity contribution is 0.254. The highest BCUT2D eigenvalue weighted by Gasteiger charge is 2.21. The number of halogens is 3. The van der Waals surface area contributed by atoms with Gasteiger partial charge in [-0.15, -0.1) is 0 Å². The molecule has 0 amide bonds. The molecule has 1 nitrogen and oxygen atoms in total. The first kappa shape index (κ1) is 14.4. The van der Waals surface area contributed by atoms with Crippen molar-refractivity contribution in [2.24, 2.45) is 0 Å². The molecule has 0 radical (unpaired) electrons. The van der Waals surface area contributed by atoms with Gasteiger partial charge in [0.15, 0.2) is 0 Å². The maximum atomic E-state index is 6.10. The number of ether oxygens (including phenoxy) is 1. The number of fused-ring (bicyclic) bond motifs is 1. The molecule has 0 bridgehead atoms. The molecule has 0 spiro atoms. The van der Waals surface area contributed by atoms with E-state index in [0.717, 1.165) is 27.2 Å². The Kier molecular flexibility index (Phi) is 4.11. The summed E-state index contributed by atoms with van der Waals surface area (Å²) in [5, 5.41) is 0.741. The largest absolute Gasteiger partial charge is 0.490 e. The summed E-state index contributed by atoms with van der Waals surface area (Å²) in [4.78, 5) is 0.108. The first-order chi connectivity index (χ1) is 9.54. The predicted molar refractivity (Wildman–Crippen MR) is 90.2 cm³/mol. The van der Waals surface area contributed by atoms with Crippen molar-refractivity contribution in [1.29, 1.82) is 0 Å². The molecule has 0 aromatic heterocycles. The highest BCUT2D eigenvalue weighted by atomic mass is 79.9. The third-order valence-electron chi connectivity index (χ3n) is 3.44. The van der Waals surface area contributed by atoms with Crippen LogP contribution in [0.2, 0.25) is 5.02 Å². The van der Waals surface area contributed by atoms with Crippen LogP contribution in [0, 0.1) is 0 Å². The van der Waals surface area contributed by atoms with Gasteiger partial charge in [0.1, 0.15) is 11.9 Å². The third-order valence-corrected chi connectivity index (χ3v) is 5.42. The molecule has 3 rings (SSSR count). The van der Waals surface area contributed by atoms with E-state index in [4.69, 9.17) is 16.3 Å². The van der Waals surface area contributed by atoms with Crippen molar-refractivity contribution in [2.45, 2.75) is 24.3 Å². The second-order valence-electron chi connectivity index (χ2n) is 5.03. The van der Waals surface area contributed by atoms with E-state index in [1.165, 1.54) is 11.1 Å². The standard InChI is InChI=1S/C16H13Br2ClO/c1-9-6-11-7-10(2-5-15(11)20-9)16(18)13-8-12(19)3-4-14(13)17/h2-5,7-9,16H,6H2,1H3. The minimum absolute atomic E-state index is 0.108. The normalized spacial score (nSPS) is 18.5. The van der Waals surface area contributed by atoms with Crippen LogP contribution in [0.1, 0.15) is 28.4 Å². The Morgan fingerprint density at radius 3 is 2.85 bits per heavy atom. The molecule has 0 N–H and O–H groups in total. The Labute approximate surface area is 140 Å². The van der Waals surface area contributed by atoms with Crippen LogP contribution in [0.5, 0.6) is 5.75 Å². The average molecular weight is 417 g/mol. The van der Waals surface area contributed by atoms with Crippen LogP contribution in [0.4, 0.5) is 0 Å². The van der Waals surface area contributed by atoms with E-state index in [9.17, 15) is 0 Å². The molecule has 0 saturated carbocycles. The molecule has 20 heavy (non-hydrogen) atoms. The fourth-order valence-corrected chi connectivity index (χ4v) is 4.11. The lowest BCUT2D eigenvalue weighted by Crippen LogP contribution is -2.05. The Morgan fingerprint density at radius 2 is 2.05 bits per heavy atom. The highest BCUT2D eigenvalue weighted by Crippen LogP contribution is 2.39. The van der Waals surface area contributed by atoms with Gasteiger partial charge < -0.3 is 4.74 Å². The molecular weight excluding hydrogens is 403 g/mol. The summed E-state index contributed by atoms with van der Waals surface area (Å²) in [6.45, 7) is 2.10. The lowest BCUT2D eigenvalue weighted by Gasteiger charge is -2.14. The van der Waals surface area contributed by atoms with Crippen molar-refractivity contribution >= 4 is 43.5 Å². The summed E-state index contributed by atoms with van der Waals surface area (Å²) in [5.41, 5.74) is 3.62. The van der Waals surface area contributed by atoms with Crippen molar-refractivity contribution in [2.75, 3.05) is 0 Å². The van der Waals surface area contributed by atoms with E-state index in [2.05, 4.69) is 57.0 Å². The second kappa shape index (κ2) is 5.70. The van der Waals surface area contributed by atoms with Crippen LogP contribution >= 0.6 is 43.5 Å². The van der Waals surface area contributed by atoms with Gasteiger partial charge in [-0.05, 0) is 47.9 Å². The van der Waals surface area contributed by atoms with E-state index >= 15 is 0 Å². The van der Waals surface area contributed by atoms with Crippen molar-refractivity contribution < 1.29 is 4.74 Å². The molecule has 4 heteroatoms. The Balaban J connectivity index is 1.97. The molecule has 0 fully saturated rings. The molecule has 1 heterocycles. The monoisotopic (exact) mass is 414 g/mol. The van der Waals surface area contributed by atoms with E-state index < -0.39 is 0 Å². The second-order valence-corrected chi connectivity index (χ2v) is 7.23. The maximum Gasteiger partial charge on any atom is 0.123 e. The van der Waals surface area contributed by atoms with Crippen LogP contribution in [0.3, 0.4) is 0 Å². The number of hydrogen-bond acceptors (Lipinski definition) is 1. The summed E-state index contributed by atoms with van der Waals surface area (Å²) < 4.78 is 6.79. The zero-order chi connectivity index (χ0) is 14.3. The predicted octanol–water partition coefficient (Wildman–Crippen LogP) is 5.91. The van der Waals surface area contributed by atoms with Crippen molar-refractivity contribution in [3.8, 4) is 5.75 Å². The number of alkyl halides is 1. The van der Waals surface area contributed by atoms with E-state index in [-0.39, 0.29) is 10.9 Å². The fourth-order valence-electron chi connectivity index (χ4n) is 2.49. The van der Waals surface area contributed by atoms with Crippen LogP contribution in [-0.2, 0) is 6.42 Å². The zero-order valence-electron chi connectivity index (χ0n) is 10.9. The van der Waals surface area contributed by atoms with Gasteiger partial charge in [0.25, 0.3) is 0 Å². The smallest absolute Gasteiger partial charge is 0.123 e. The Hall–Kier alpha value is -0.510. The van der Waals surface area contributed by atoms with Gasteiger partial charge in [-0.2, -0.15) is 0 Å². The molecule has 0 aliphatic carbocycles. The van der Waals surface area contributed by atoms with Gasteiger partial charge >= 0.3 is 0 Å². The van der Waals surface area contributed by atoms with E-state index in [1.807, 2.05) is 18.2 Å². The van der Waals surface area contributed by atoms with Gasteiger partial charge in [-0.25, -0.2) is 0 Å². The molecule has 2 unspecified atom stereocenters. The van der Waals surface area contributed by atoms with Gasteiger partial charge in [-0.1, -0.05) is 55.6 Å². The van der Waals surface area contributed by atoms with E-state index in [0.29, 0.717) is 0 Å².